The fourth-order valence-corrected chi connectivity index (χ4v) is 1.70. The minimum atomic E-state index is -0.902. The molecule has 1 atom stereocenters. The lowest BCUT2D eigenvalue weighted by Gasteiger charge is -2.13. The molecule has 0 bridgehead atoms. The first kappa shape index (κ1) is 14.1. The molecule has 0 aliphatic heterocycles. The van der Waals surface area contributed by atoms with Gasteiger partial charge in [0.05, 0.1) is 12.5 Å². The van der Waals surface area contributed by atoms with E-state index in [1.165, 1.54) is 11.0 Å². The van der Waals surface area contributed by atoms with E-state index >= 15 is 0 Å². The van der Waals surface area contributed by atoms with Crippen molar-refractivity contribution in [3.05, 3.63) is 6.33 Å². The molecule has 0 aliphatic carbocycles. The molecular formula is C10H16N4O4. The summed E-state index contributed by atoms with van der Waals surface area (Å²) in [6.45, 7) is 0. The fraction of sp³-hybridized carbons (Fsp3) is 0.700. The predicted octanol–water partition coefficient (Wildman–Crippen LogP) is 0.724. The van der Waals surface area contributed by atoms with Gasteiger partial charge in [0.2, 0.25) is 0 Å². The average molecular weight is 256 g/mol. The van der Waals surface area contributed by atoms with Gasteiger partial charge in [-0.25, -0.2) is 4.68 Å². The van der Waals surface area contributed by atoms with Crippen LogP contribution in [-0.2, 0) is 9.59 Å². The van der Waals surface area contributed by atoms with Crippen LogP contribution in [0.1, 0.15) is 44.6 Å². The molecule has 1 heterocycles. The molecular weight excluding hydrogens is 240 g/mol. The third kappa shape index (κ3) is 5.37. The number of unbranched alkanes of at least 4 members (excludes halogenated alkanes) is 2. The van der Waals surface area contributed by atoms with Crippen molar-refractivity contribution in [3.63, 3.8) is 0 Å². The first-order valence-corrected chi connectivity index (χ1v) is 5.75. The predicted molar refractivity (Wildman–Crippen MR) is 59.8 cm³/mol. The number of carbonyl (C=O) groups is 2. The quantitative estimate of drug-likeness (QED) is 0.625. The van der Waals surface area contributed by atoms with Gasteiger partial charge in [0.25, 0.3) is 0 Å². The largest absolute Gasteiger partial charge is 0.481 e. The smallest absolute Gasteiger partial charge is 0.305 e. The molecule has 1 unspecified atom stereocenters. The van der Waals surface area contributed by atoms with Crippen LogP contribution in [0.2, 0.25) is 0 Å². The summed E-state index contributed by atoms with van der Waals surface area (Å²) in [5.41, 5.74) is 0. The Bertz CT molecular complexity index is 379. The second kappa shape index (κ2) is 7.36. The molecule has 1 aromatic heterocycles. The molecule has 0 fully saturated rings. The van der Waals surface area contributed by atoms with Gasteiger partial charge in [-0.2, -0.15) is 0 Å². The lowest BCUT2D eigenvalue weighted by molar-refractivity contribution is -0.138. The topological polar surface area (TPSA) is 118 Å². The van der Waals surface area contributed by atoms with Gasteiger partial charge < -0.3 is 10.2 Å². The first-order chi connectivity index (χ1) is 8.59. The first-order valence-electron chi connectivity index (χ1n) is 5.75. The second-order valence-electron chi connectivity index (χ2n) is 4.03. The van der Waals surface area contributed by atoms with Crippen molar-refractivity contribution in [1.29, 1.82) is 0 Å². The molecule has 8 heteroatoms. The van der Waals surface area contributed by atoms with Gasteiger partial charge in [0.1, 0.15) is 6.33 Å². The summed E-state index contributed by atoms with van der Waals surface area (Å²) in [5, 5.41) is 27.9. The van der Waals surface area contributed by atoms with Gasteiger partial charge in [-0.3, -0.25) is 9.59 Å². The minimum Gasteiger partial charge on any atom is -0.481 e. The summed E-state index contributed by atoms with van der Waals surface area (Å²) < 4.78 is 1.44. The molecule has 18 heavy (non-hydrogen) atoms. The zero-order chi connectivity index (χ0) is 13.4. The molecule has 100 valence electrons. The van der Waals surface area contributed by atoms with Crippen molar-refractivity contribution >= 4 is 11.9 Å². The monoisotopic (exact) mass is 256 g/mol. The minimum absolute atomic E-state index is 0.0377. The van der Waals surface area contributed by atoms with Crippen LogP contribution in [0.3, 0.4) is 0 Å². The summed E-state index contributed by atoms with van der Waals surface area (Å²) in [6.07, 6.45) is 4.24. The number of hydrogen-bond donors (Lipinski definition) is 2. The standard InChI is InChI=1S/C10H16N4O4/c15-9(16)5-3-1-2-4-8(6-10(17)18)14-7-11-12-13-14/h7-8H,1-6H2,(H,15,16)(H,17,18). The third-order valence-electron chi connectivity index (χ3n) is 2.58. The highest BCUT2D eigenvalue weighted by Gasteiger charge is 2.16. The molecule has 8 nitrogen and oxygen atoms in total. The van der Waals surface area contributed by atoms with Crippen LogP contribution in [0.4, 0.5) is 0 Å². The fourth-order valence-electron chi connectivity index (χ4n) is 1.70. The molecule has 0 amide bonds. The van der Waals surface area contributed by atoms with Gasteiger partial charge in [-0.1, -0.05) is 12.8 Å². The maximum Gasteiger partial charge on any atom is 0.305 e. The number of tetrazole rings is 1. The normalized spacial score (nSPS) is 12.2. The van der Waals surface area contributed by atoms with E-state index in [1.807, 2.05) is 0 Å². The van der Waals surface area contributed by atoms with Gasteiger partial charge in [0.15, 0.2) is 0 Å². The number of rotatable bonds is 9. The third-order valence-corrected chi connectivity index (χ3v) is 2.58. The molecule has 0 radical (unpaired) electrons. The summed E-state index contributed by atoms with van der Waals surface area (Å²) in [4.78, 5) is 21.0. The maximum absolute atomic E-state index is 10.7. The van der Waals surface area contributed by atoms with Crippen LogP contribution in [0.25, 0.3) is 0 Å². The Morgan fingerprint density at radius 1 is 1.17 bits per heavy atom. The van der Waals surface area contributed by atoms with Crippen molar-refractivity contribution in [3.8, 4) is 0 Å². The number of aliphatic carboxylic acids is 2. The van der Waals surface area contributed by atoms with Crippen LogP contribution in [0.15, 0.2) is 6.33 Å². The molecule has 1 rings (SSSR count). The number of carboxylic acids is 2. The zero-order valence-corrected chi connectivity index (χ0v) is 9.90. The van der Waals surface area contributed by atoms with Crippen molar-refractivity contribution in [1.82, 2.24) is 20.2 Å². The number of nitrogens with zero attached hydrogens (tertiary/aromatic N) is 4. The molecule has 0 saturated heterocycles. The Morgan fingerprint density at radius 3 is 2.50 bits per heavy atom. The van der Waals surface area contributed by atoms with E-state index in [0.717, 1.165) is 12.8 Å². The van der Waals surface area contributed by atoms with Crippen molar-refractivity contribution in [2.45, 2.75) is 44.6 Å². The van der Waals surface area contributed by atoms with Crippen molar-refractivity contribution < 1.29 is 19.8 Å². The molecule has 0 aliphatic rings. The van der Waals surface area contributed by atoms with Crippen LogP contribution in [0, 0.1) is 0 Å². The summed E-state index contributed by atoms with van der Waals surface area (Å²) >= 11 is 0. The average Bonchev–Trinajstić information content (AvgIpc) is 2.79. The van der Waals surface area contributed by atoms with Gasteiger partial charge >= 0.3 is 11.9 Å². The molecule has 0 saturated carbocycles. The Kier molecular flexibility index (Phi) is 5.75. The SMILES string of the molecule is O=C(O)CCCCCC(CC(=O)O)n1cnnn1. The zero-order valence-electron chi connectivity index (χ0n) is 9.90. The van der Waals surface area contributed by atoms with E-state index in [-0.39, 0.29) is 18.9 Å². The summed E-state index contributed by atoms with van der Waals surface area (Å²) in [5.74, 6) is -1.71. The highest BCUT2D eigenvalue weighted by atomic mass is 16.4. The van der Waals surface area contributed by atoms with Crippen LogP contribution in [0.5, 0.6) is 0 Å². The van der Waals surface area contributed by atoms with Gasteiger partial charge in [-0.05, 0) is 23.3 Å². The van der Waals surface area contributed by atoms with E-state index < -0.39 is 11.9 Å². The summed E-state index contributed by atoms with van der Waals surface area (Å²) in [7, 11) is 0. The van der Waals surface area contributed by atoms with E-state index in [9.17, 15) is 9.59 Å². The number of hydrogen-bond acceptors (Lipinski definition) is 5. The van der Waals surface area contributed by atoms with Gasteiger partial charge in [-0.15, -0.1) is 5.10 Å². The lowest BCUT2D eigenvalue weighted by Crippen LogP contribution is -2.14. The Labute approximate surface area is 104 Å². The van der Waals surface area contributed by atoms with Crippen LogP contribution in [-0.4, -0.2) is 42.4 Å². The van der Waals surface area contributed by atoms with E-state index in [4.69, 9.17) is 10.2 Å². The van der Waals surface area contributed by atoms with E-state index in [2.05, 4.69) is 15.5 Å². The van der Waals surface area contributed by atoms with Crippen LogP contribution >= 0.6 is 0 Å². The molecule has 2 N–H and O–H groups in total. The highest BCUT2D eigenvalue weighted by molar-refractivity contribution is 5.67. The molecule has 1 aromatic rings. The molecule has 0 spiro atoms. The van der Waals surface area contributed by atoms with E-state index in [0.29, 0.717) is 12.8 Å². The molecule has 0 aromatic carbocycles. The van der Waals surface area contributed by atoms with Crippen LogP contribution < -0.4 is 0 Å². The highest BCUT2D eigenvalue weighted by Crippen LogP contribution is 2.18. The number of aromatic nitrogens is 4. The van der Waals surface area contributed by atoms with Crippen molar-refractivity contribution in [2.75, 3.05) is 0 Å². The Hall–Kier alpha value is -1.99. The van der Waals surface area contributed by atoms with Gasteiger partial charge in [0, 0.05) is 6.42 Å². The lowest BCUT2D eigenvalue weighted by atomic mass is 10.0. The summed E-state index contributed by atoms with van der Waals surface area (Å²) in [6, 6.07) is -0.276. The second-order valence-corrected chi connectivity index (χ2v) is 4.03. The number of carboxylic acid groups (broad SMARTS) is 2. The Balaban J connectivity index is 2.33. The van der Waals surface area contributed by atoms with Crippen molar-refractivity contribution in [2.24, 2.45) is 0 Å². The van der Waals surface area contributed by atoms with E-state index in [1.54, 1.807) is 0 Å². The Morgan fingerprint density at radius 2 is 1.94 bits per heavy atom. The maximum atomic E-state index is 10.7.